The molecule has 2 aliphatic rings. The highest BCUT2D eigenvalue weighted by Gasteiger charge is 2.28. The van der Waals surface area contributed by atoms with Gasteiger partial charge in [-0.2, -0.15) is 0 Å². The van der Waals surface area contributed by atoms with Crippen molar-refractivity contribution in [1.29, 1.82) is 0 Å². The molecule has 0 bridgehead atoms. The summed E-state index contributed by atoms with van der Waals surface area (Å²) < 4.78 is 0. The van der Waals surface area contributed by atoms with Gasteiger partial charge >= 0.3 is 0 Å². The first-order valence-electron chi connectivity index (χ1n) is 7.70. The SMILES string of the molecule is Cc1nc(N2CCNC(C(N)=O)C2)c2c3c(sc2n1)CCC3. The number of nitrogens with zero attached hydrogens (tertiary/aromatic N) is 3. The number of nitrogens with one attached hydrogen (secondary N) is 1. The lowest BCUT2D eigenvalue weighted by Crippen LogP contribution is -2.56. The summed E-state index contributed by atoms with van der Waals surface area (Å²) in [5, 5.41) is 4.37. The van der Waals surface area contributed by atoms with E-state index in [-0.39, 0.29) is 11.9 Å². The van der Waals surface area contributed by atoms with Gasteiger partial charge < -0.3 is 16.0 Å². The quantitative estimate of drug-likeness (QED) is 0.854. The van der Waals surface area contributed by atoms with Gasteiger partial charge in [-0.25, -0.2) is 9.97 Å². The molecule has 6 nitrogen and oxygen atoms in total. The zero-order chi connectivity index (χ0) is 15.3. The van der Waals surface area contributed by atoms with E-state index >= 15 is 0 Å². The summed E-state index contributed by atoms with van der Waals surface area (Å²) in [7, 11) is 0. The maximum absolute atomic E-state index is 11.5. The lowest BCUT2D eigenvalue weighted by atomic mass is 10.1. The minimum atomic E-state index is -0.314. The van der Waals surface area contributed by atoms with Crippen LogP contribution in [0.25, 0.3) is 10.2 Å². The van der Waals surface area contributed by atoms with E-state index in [1.165, 1.54) is 22.2 Å². The summed E-state index contributed by atoms with van der Waals surface area (Å²) in [6.07, 6.45) is 3.48. The van der Waals surface area contributed by atoms with Crippen molar-refractivity contribution in [1.82, 2.24) is 15.3 Å². The molecule has 22 heavy (non-hydrogen) atoms. The Labute approximate surface area is 132 Å². The third-order valence-corrected chi connectivity index (χ3v) is 5.66. The van der Waals surface area contributed by atoms with Crippen molar-refractivity contribution in [3.8, 4) is 0 Å². The number of amides is 1. The van der Waals surface area contributed by atoms with Crippen molar-refractivity contribution in [3.05, 3.63) is 16.3 Å². The second-order valence-corrected chi connectivity index (χ2v) is 7.07. The van der Waals surface area contributed by atoms with E-state index in [4.69, 9.17) is 10.7 Å². The molecule has 1 aliphatic carbocycles. The van der Waals surface area contributed by atoms with Crippen molar-refractivity contribution in [2.45, 2.75) is 32.2 Å². The van der Waals surface area contributed by atoms with Crippen LogP contribution in [0.15, 0.2) is 0 Å². The lowest BCUT2D eigenvalue weighted by molar-refractivity contribution is -0.120. The standard InChI is InChI=1S/C15H19N5OS/c1-8-18-14(20-6-5-17-10(7-20)13(16)21)12-9-3-2-4-11(9)22-15(12)19-8/h10,17H,2-7H2,1H3,(H2,16,21). The zero-order valence-electron chi connectivity index (χ0n) is 12.6. The van der Waals surface area contributed by atoms with Gasteiger partial charge in [-0.3, -0.25) is 4.79 Å². The molecule has 3 heterocycles. The molecule has 1 unspecified atom stereocenters. The molecule has 116 valence electrons. The topological polar surface area (TPSA) is 84.1 Å². The third kappa shape index (κ3) is 2.16. The molecule has 3 N–H and O–H groups in total. The molecule has 1 atom stereocenters. The van der Waals surface area contributed by atoms with Crippen LogP contribution < -0.4 is 16.0 Å². The first-order chi connectivity index (χ1) is 10.6. The fraction of sp³-hybridized carbons (Fsp3) is 0.533. The normalized spacial score (nSPS) is 21.3. The van der Waals surface area contributed by atoms with E-state index < -0.39 is 0 Å². The molecule has 1 fully saturated rings. The molecule has 2 aromatic rings. The first kappa shape index (κ1) is 13.9. The van der Waals surface area contributed by atoms with E-state index in [0.717, 1.165) is 42.4 Å². The zero-order valence-corrected chi connectivity index (χ0v) is 13.4. The Morgan fingerprint density at radius 2 is 2.27 bits per heavy atom. The van der Waals surface area contributed by atoms with Crippen molar-refractivity contribution in [2.24, 2.45) is 5.73 Å². The maximum atomic E-state index is 11.5. The van der Waals surface area contributed by atoms with Crippen LogP contribution in [0.3, 0.4) is 0 Å². The average Bonchev–Trinajstić information content (AvgIpc) is 3.06. The Balaban J connectivity index is 1.82. The molecule has 4 rings (SSSR count). The summed E-state index contributed by atoms with van der Waals surface area (Å²) in [4.78, 5) is 25.6. The minimum absolute atomic E-state index is 0.303. The molecule has 0 aromatic carbocycles. The van der Waals surface area contributed by atoms with Crippen LogP contribution in [-0.2, 0) is 17.6 Å². The van der Waals surface area contributed by atoms with Crippen LogP contribution in [0, 0.1) is 6.92 Å². The number of carbonyl (C=O) groups excluding carboxylic acids is 1. The van der Waals surface area contributed by atoms with Crippen molar-refractivity contribution in [3.63, 3.8) is 0 Å². The van der Waals surface area contributed by atoms with Crippen LogP contribution in [0.2, 0.25) is 0 Å². The summed E-state index contributed by atoms with van der Waals surface area (Å²) >= 11 is 1.80. The molecular weight excluding hydrogens is 298 g/mol. The number of aryl methyl sites for hydroxylation is 3. The van der Waals surface area contributed by atoms with Gasteiger partial charge in [0.05, 0.1) is 5.39 Å². The summed E-state index contributed by atoms with van der Waals surface area (Å²) in [6.45, 7) is 4.08. The maximum Gasteiger partial charge on any atom is 0.236 e. The average molecular weight is 317 g/mol. The summed E-state index contributed by atoms with van der Waals surface area (Å²) in [5.41, 5.74) is 6.88. The Kier molecular flexibility index (Phi) is 3.27. The number of thiophene rings is 1. The third-order valence-electron chi connectivity index (χ3n) is 4.48. The fourth-order valence-corrected chi connectivity index (χ4v) is 4.74. The molecule has 2 aromatic heterocycles. The van der Waals surface area contributed by atoms with Crippen molar-refractivity contribution in [2.75, 3.05) is 24.5 Å². The number of anilines is 1. The molecule has 7 heteroatoms. The van der Waals surface area contributed by atoms with Gasteiger partial charge in [0.2, 0.25) is 5.91 Å². The van der Waals surface area contributed by atoms with Crippen molar-refractivity contribution < 1.29 is 4.79 Å². The highest BCUT2D eigenvalue weighted by Crippen LogP contribution is 2.40. The van der Waals surface area contributed by atoms with Gasteiger partial charge in [0, 0.05) is 24.5 Å². The Hall–Kier alpha value is -1.73. The molecule has 1 amide bonds. The van der Waals surface area contributed by atoms with Gasteiger partial charge in [-0.1, -0.05) is 0 Å². The monoisotopic (exact) mass is 317 g/mol. The van der Waals surface area contributed by atoms with E-state index in [2.05, 4.69) is 15.2 Å². The van der Waals surface area contributed by atoms with Crippen molar-refractivity contribution >= 4 is 33.3 Å². The van der Waals surface area contributed by atoms with E-state index in [1.807, 2.05) is 6.92 Å². The van der Waals surface area contributed by atoms with Gasteiger partial charge in [0.25, 0.3) is 0 Å². The Morgan fingerprint density at radius 1 is 1.41 bits per heavy atom. The van der Waals surface area contributed by atoms with Crippen LogP contribution in [-0.4, -0.2) is 41.6 Å². The fourth-order valence-electron chi connectivity index (χ4n) is 3.44. The number of hydrogen-bond acceptors (Lipinski definition) is 6. The molecule has 1 saturated heterocycles. The second-order valence-electron chi connectivity index (χ2n) is 5.99. The lowest BCUT2D eigenvalue weighted by Gasteiger charge is -2.33. The smallest absolute Gasteiger partial charge is 0.236 e. The van der Waals surface area contributed by atoms with Gasteiger partial charge in [-0.15, -0.1) is 11.3 Å². The molecule has 0 radical (unpaired) electrons. The number of hydrogen-bond donors (Lipinski definition) is 2. The Morgan fingerprint density at radius 3 is 3.09 bits per heavy atom. The van der Waals surface area contributed by atoms with Gasteiger partial charge in [0.1, 0.15) is 22.5 Å². The van der Waals surface area contributed by atoms with Gasteiger partial charge in [-0.05, 0) is 31.7 Å². The largest absolute Gasteiger partial charge is 0.368 e. The van der Waals surface area contributed by atoms with Crippen LogP contribution in [0.4, 0.5) is 5.82 Å². The summed E-state index contributed by atoms with van der Waals surface area (Å²) in [6, 6.07) is -0.314. The van der Waals surface area contributed by atoms with E-state index in [9.17, 15) is 4.79 Å². The number of piperazine rings is 1. The Bertz CT molecular complexity index is 756. The number of carbonyl (C=O) groups is 1. The number of fused-ring (bicyclic) bond motifs is 3. The molecule has 0 saturated carbocycles. The predicted molar refractivity (Wildman–Crippen MR) is 87.4 cm³/mol. The van der Waals surface area contributed by atoms with Crippen LogP contribution >= 0.6 is 11.3 Å². The van der Waals surface area contributed by atoms with E-state index in [0.29, 0.717) is 6.54 Å². The number of rotatable bonds is 2. The minimum Gasteiger partial charge on any atom is -0.368 e. The number of nitrogens with two attached hydrogens (primary N) is 1. The van der Waals surface area contributed by atoms with Crippen LogP contribution in [0.1, 0.15) is 22.7 Å². The number of aromatic nitrogens is 2. The second kappa shape index (κ2) is 5.17. The van der Waals surface area contributed by atoms with E-state index in [1.54, 1.807) is 11.3 Å². The summed E-state index contributed by atoms with van der Waals surface area (Å²) in [5.74, 6) is 1.47. The van der Waals surface area contributed by atoms with Gasteiger partial charge in [0.15, 0.2) is 0 Å². The molecule has 1 aliphatic heterocycles. The highest BCUT2D eigenvalue weighted by atomic mass is 32.1. The number of primary amides is 1. The first-order valence-corrected chi connectivity index (χ1v) is 8.51. The molecular formula is C15H19N5OS. The molecule has 0 spiro atoms. The van der Waals surface area contributed by atoms with Crippen LogP contribution in [0.5, 0.6) is 0 Å². The highest BCUT2D eigenvalue weighted by molar-refractivity contribution is 7.19. The predicted octanol–water partition coefficient (Wildman–Crippen LogP) is 0.752.